The number of carbonyl (C=O) groups is 1. The van der Waals surface area contributed by atoms with Gasteiger partial charge in [0.2, 0.25) is 5.91 Å². The Hall–Kier alpha value is -3.15. The van der Waals surface area contributed by atoms with Crippen LogP contribution in [0.15, 0.2) is 48.5 Å². The molecule has 1 aliphatic rings. The molecule has 2 aromatic carbocycles. The fourth-order valence-electron chi connectivity index (χ4n) is 3.15. The maximum absolute atomic E-state index is 13.6. The van der Waals surface area contributed by atoms with Crippen molar-refractivity contribution < 1.29 is 13.9 Å². The summed E-state index contributed by atoms with van der Waals surface area (Å²) in [4.78, 5) is 12.7. The van der Waals surface area contributed by atoms with Gasteiger partial charge >= 0.3 is 0 Å². The van der Waals surface area contributed by atoms with E-state index in [1.807, 2.05) is 24.3 Å². The highest BCUT2D eigenvalue weighted by Crippen LogP contribution is 2.45. The molecule has 2 N–H and O–H groups in total. The highest BCUT2D eigenvalue weighted by molar-refractivity contribution is 5.96. The Bertz CT molecular complexity index is 979. The lowest BCUT2D eigenvalue weighted by Gasteiger charge is -2.09. The van der Waals surface area contributed by atoms with Crippen LogP contribution >= 0.6 is 0 Å². The molecule has 27 heavy (non-hydrogen) atoms. The lowest BCUT2D eigenvalue weighted by atomic mass is 10.1. The van der Waals surface area contributed by atoms with Crippen molar-refractivity contribution in [1.29, 1.82) is 0 Å². The van der Waals surface area contributed by atoms with E-state index < -0.39 is 0 Å². The first-order valence-corrected chi connectivity index (χ1v) is 8.91. The van der Waals surface area contributed by atoms with Crippen LogP contribution in [0.4, 0.5) is 10.1 Å². The summed E-state index contributed by atoms with van der Waals surface area (Å²) in [5.41, 5.74) is 3.62. The molecule has 0 atom stereocenters. The molecule has 0 bridgehead atoms. The van der Waals surface area contributed by atoms with E-state index in [2.05, 4.69) is 15.5 Å². The Balaban J connectivity index is 1.60. The number of hydrogen-bond donors (Lipinski definition) is 2. The Morgan fingerprint density at radius 1 is 1.26 bits per heavy atom. The van der Waals surface area contributed by atoms with Crippen LogP contribution in [0.2, 0.25) is 0 Å². The zero-order valence-corrected chi connectivity index (χ0v) is 15.0. The van der Waals surface area contributed by atoms with Gasteiger partial charge in [-0.3, -0.25) is 9.89 Å². The molecule has 1 amide bonds. The summed E-state index contributed by atoms with van der Waals surface area (Å²) in [5, 5.41) is 10.4. The lowest BCUT2D eigenvalue weighted by Crippen LogP contribution is -2.15. The van der Waals surface area contributed by atoms with Crippen molar-refractivity contribution in [2.24, 2.45) is 0 Å². The average molecular weight is 365 g/mol. The Kier molecular flexibility index (Phi) is 4.62. The minimum atomic E-state index is -0.336. The van der Waals surface area contributed by atoms with Crippen molar-refractivity contribution in [3.8, 4) is 17.0 Å². The normalized spacial score (nSPS) is 13.4. The third kappa shape index (κ3) is 3.84. The molecule has 0 radical (unpaired) electrons. The van der Waals surface area contributed by atoms with Crippen molar-refractivity contribution in [2.75, 3.05) is 12.4 Å². The zero-order chi connectivity index (χ0) is 18.8. The molecule has 6 heteroatoms. The largest absolute Gasteiger partial charge is 0.497 e. The minimum Gasteiger partial charge on any atom is -0.497 e. The summed E-state index contributed by atoms with van der Waals surface area (Å²) in [6.07, 6.45) is 2.34. The molecule has 0 aliphatic heterocycles. The molecule has 0 spiro atoms. The first kappa shape index (κ1) is 17.3. The number of methoxy groups -OCH3 is 1. The Morgan fingerprint density at radius 3 is 2.81 bits per heavy atom. The molecule has 1 aromatic heterocycles. The molecular weight excluding hydrogens is 345 g/mol. The van der Waals surface area contributed by atoms with Gasteiger partial charge in [-0.2, -0.15) is 5.10 Å². The number of ether oxygens (including phenoxy) is 1. The molecule has 5 nitrogen and oxygen atoms in total. The third-order valence-corrected chi connectivity index (χ3v) is 4.64. The number of benzene rings is 2. The number of hydrogen-bond acceptors (Lipinski definition) is 3. The van der Waals surface area contributed by atoms with Gasteiger partial charge in [-0.15, -0.1) is 0 Å². The van der Waals surface area contributed by atoms with Crippen LogP contribution in [-0.2, 0) is 11.2 Å². The van der Waals surface area contributed by atoms with Crippen LogP contribution in [-0.4, -0.2) is 23.2 Å². The van der Waals surface area contributed by atoms with E-state index in [1.54, 1.807) is 19.2 Å². The van der Waals surface area contributed by atoms with Crippen LogP contribution in [0.1, 0.15) is 30.0 Å². The summed E-state index contributed by atoms with van der Waals surface area (Å²) in [6.45, 7) is 0. The predicted molar refractivity (Wildman–Crippen MR) is 101 cm³/mol. The second kappa shape index (κ2) is 7.23. The summed E-state index contributed by atoms with van der Waals surface area (Å²) in [7, 11) is 1.60. The standard InChI is InChI=1S/C21H20FN3O2/c1-27-17-7-2-4-13(10-17)11-18(26)23-21-19(14-8-9-14)24-25-20(21)15-5-3-6-16(22)12-15/h2-7,10,12,14H,8-9,11H2,1H3,(H,23,26)(H,24,25). The molecule has 4 rings (SSSR count). The number of H-pyrrole nitrogens is 1. The molecule has 1 saturated carbocycles. The highest BCUT2D eigenvalue weighted by Gasteiger charge is 2.31. The van der Waals surface area contributed by atoms with E-state index >= 15 is 0 Å². The van der Waals surface area contributed by atoms with Crippen molar-refractivity contribution >= 4 is 11.6 Å². The molecule has 0 saturated heterocycles. The second-order valence-corrected chi connectivity index (χ2v) is 6.72. The summed E-state index contributed by atoms with van der Waals surface area (Å²) < 4.78 is 18.9. The maximum Gasteiger partial charge on any atom is 0.228 e. The third-order valence-electron chi connectivity index (χ3n) is 4.64. The van der Waals surface area contributed by atoms with Gasteiger partial charge < -0.3 is 10.1 Å². The van der Waals surface area contributed by atoms with Crippen LogP contribution in [0.3, 0.4) is 0 Å². The summed E-state index contributed by atoms with van der Waals surface area (Å²) >= 11 is 0. The lowest BCUT2D eigenvalue weighted by molar-refractivity contribution is -0.115. The van der Waals surface area contributed by atoms with Crippen molar-refractivity contribution in [3.63, 3.8) is 0 Å². The molecular formula is C21H20FN3O2. The van der Waals surface area contributed by atoms with Gasteiger partial charge in [0.25, 0.3) is 0 Å². The number of halogens is 1. The molecule has 1 fully saturated rings. The fourth-order valence-corrected chi connectivity index (χ4v) is 3.15. The molecule has 3 aromatic rings. The van der Waals surface area contributed by atoms with Crippen LogP contribution in [0.25, 0.3) is 11.3 Å². The van der Waals surface area contributed by atoms with E-state index in [0.717, 1.165) is 24.1 Å². The van der Waals surface area contributed by atoms with Crippen molar-refractivity contribution in [1.82, 2.24) is 10.2 Å². The van der Waals surface area contributed by atoms with E-state index in [-0.39, 0.29) is 18.1 Å². The Labute approximate surface area is 156 Å². The summed E-state index contributed by atoms with van der Waals surface area (Å²) in [6, 6.07) is 13.6. The van der Waals surface area contributed by atoms with Gasteiger partial charge in [0.05, 0.1) is 24.9 Å². The van der Waals surface area contributed by atoms with Gasteiger partial charge in [0.15, 0.2) is 0 Å². The van der Waals surface area contributed by atoms with Crippen LogP contribution in [0, 0.1) is 5.82 Å². The minimum absolute atomic E-state index is 0.149. The predicted octanol–water partition coefficient (Wildman–Crippen LogP) is 4.28. The number of aromatic nitrogens is 2. The van der Waals surface area contributed by atoms with Crippen molar-refractivity contribution in [3.05, 3.63) is 65.6 Å². The topological polar surface area (TPSA) is 67.0 Å². The van der Waals surface area contributed by atoms with Gasteiger partial charge in [-0.25, -0.2) is 4.39 Å². The first-order valence-electron chi connectivity index (χ1n) is 8.91. The number of anilines is 1. The molecule has 1 aliphatic carbocycles. The Morgan fingerprint density at radius 2 is 2.07 bits per heavy atom. The van der Waals surface area contributed by atoms with Gasteiger partial charge in [-0.1, -0.05) is 24.3 Å². The number of nitrogens with one attached hydrogen (secondary N) is 2. The quantitative estimate of drug-likeness (QED) is 0.685. The van der Waals surface area contributed by atoms with E-state index in [4.69, 9.17) is 4.74 Å². The number of amides is 1. The van der Waals surface area contributed by atoms with Crippen molar-refractivity contribution in [2.45, 2.75) is 25.2 Å². The highest BCUT2D eigenvalue weighted by atomic mass is 19.1. The van der Waals surface area contributed by atoms with Gasteiger partial charge in [0, 0.05) is 11.5 Å². The molecule has 138 valence electrons. The number of aromatic amines is 1. The zero-order valence-electron chi connectivity index (χ0n) is 15.0. The average Bonchev–Trinajstić information content (AvgIpc) is 3.42. The fraction of sp³-hybridized carbons (Fsp3) is 0.238. The van der Waals surface area contributed by atoms with E-state index in [9.17, 15) is 9.18 Å². The number of nitrogens with zero attached hydrogens (tertiary/aromatic N) is 1. The molecule has 1 heterocycles. The molecule has 0 unspecified atom stereocenters. The maximum atomic E-state index is 13.6. The van der Waals surface area contributed by atoms with Gasteiger partial charge in [0.1, 0.15) is 17.3 Å². The second-order valence-electron chi connectivity index (χ2n) is 6.72. The van der Waals surface area contributed by atoms with Crippen LogP contribution < -0.4 is 10.1 Å². The van der Waals surface area contributed by atoms with E-state index in [1.165, 1.54) is 12.1 Å². The monoisotopic (exact) mass is 365 g/mol. The number of rotatable bonds is 6. The first-order chi connectivity index (χ1) is 13.1. The summed E-state index contributed by atoms with van der Waals surface area (Å²) in [5.74, 6) is 0.594. The smallest absolute Gasteiger partial charge is 0.228 e. The number of carbonyl (C=O) groups excluding carboxylic acids is 1. The van der Waals surface area contributed by atoms with Gasteiger partial charge in [-0.05, 0) is 42.7 Å². The SMILES string of the molecule is COc1cccc(CC(=O)Nc2c(-c3cccc(F)c3)n[nH]c2C2CC2)c1. The van der Waals surface area contributed by atoms with E-state index in [0.29, 0.717) is 28.6 Å². The van der Waals surface area contributed by atoms with Crippen LogP contribution in [0.5, 0.6) is 5.75 Å².